The van der Waals surface area contributed by atoms with Crippen LogP contribution >= 0.6 is 35.6 Å². The maximum absolute atomic E-state index is 11.9. The van der Waals surface area contributed by atoms with Crippen LogP contribution in [0.5, 0.6) is 0 Å². The van der Waals surface area contributed by atoms with Crippen molar-refractivity contribution in [2.45, 2.75) is 25.9 Å². The predicted molar refractivity (Wildman–Crippen MR) is 127 cm³/mol. The molecule has 160 valence electrons. The van der Waals surface area contributed by atoms with Gasteiger partial charge in [-0.05, 0) is 49.2 Å². The molecule has 0 aliphatic rings. The van der Waals surface area contributed by atoms with Crippen LogP contribution in [0.15, 0.2) is 52.1 Å². The Labute approximate surface area is 193 Å². The first-order valence-corrected chi connectivity index (χ1v) is 9.65. The van der Waals surface area contributed by atoms with E-state index in [2.05, 4.69) is 20.9 Å². The van der Waals surface area contributed by atoms with Gasteiger partial charge in [-0.25, -0.2) is 0 Å². The van der Waals surface area contributed by atoms with E-state index in [0.29, 0.717) is 43.6 Å². The molecule has 29 heavy (non-hydrogen) atoms. The van der Waals surface area contributed by atoms with Crippen LogP contribution < -0.4 is 16.0 Å². The SMILES string of the molecule is CN=C(NCCCOCc1ccco1)NCCCC(=O)Nc1ccc(Cl)cc1.I. The number of hydrogen-bond acceptors (Lipinski definition) is 4. The van der Waals surface area contributed by atoms with Gasteiger partial charge in [-0.3, -0.25) is 9.79 Å². The van der Waals surface area contributed by atoms with Gasteiger partial charge in [0.1, 0.15) is 12.4 Å². The first kappa shape index (κ1) is 25.3. The van der Waals surface area contributed by atoms with E-state index in [-0.39, 0.29) is 29.9 Å². The second-order valence-corrected chi connectivity index (χ2v) is 6.51. The van der Waals surface area contributed by atoms with E-state index in [9.17, 15) is 4.79 Å². The number of benzene rings is 1. The van der Waals surface area contributed by atoms with E-state index in [0.717, 1.165) is 24.4 Å². The van der Waals surface area contributed by atoms with E-state index in [4.69, 9.17) is 20.8 Å². The molecule has 0 aliphatic heterocycles. The fraction of sp³-hybridized carbons (Fsp3) is 0.400. The van der Waals surface area contributed by atoms with Crippen LogP contribution in [0.2, 0.25) is 5.02 Å². The molecular weight excluding hydrogens is 507 g/mol. The van der Waals surface area contributed by atoms with Crippen molar-refractivity contribution in [1.29, 1.82) is 0 Å². The number of ether oxygens (including phenoxy) is 1. The molecule has 1 amide bonds. The number of halogens is 2. The second-order valence-electron chi connectivity index (χ2n) is 6.07. The third-order valence-electron chi connectivity index (χ3n) is 3.81. The highest BCUT2D eigenvalue weighted by molar-refractivity contribution is 14.0. The number of carbonyl (C=O) groups excluding carboxylic acids is 1. The summed E-state index contributed by atoms with van der Waals surface area (Å²) in [5, 5.41) is 9.90. The van der Waals surface area contributed by atoms with Crippen molar-refractivity contribution < 1.29 is 13.9 Å². The summed E-state index contributed by atoms with van der Waals surface area (Å²) < 4.78 is 10.7. The van der Waals surface area contributed by atoms with Crippen LogP contribution in [-0.2, 0) is 16.1 Å². The van der Waals surface area contributed by atoms with Gasteiger partial charge in [0.25, 0.3) is 0 Å². The zero-order chi connectivity index (χ0) is 20.0. The Balaban J connectivity index is 0.00000420. The lowest BCUT2D eigenvalue weighted by Crippen LogP contribution is -2.38. The minimum absolute atomic E-state index is 0. The van der Waals surface area contributed by atoms with Crippen LogP contribution in [0, 0.1) is 0 Å². The fourth-order valence-electron chi connectivity index (χ4n) is 2.38. The first-order valence-electron chi connectivity index (χ1n) is 9.27. The number of guanidine groups is 1. The summed E-state index contributed by atoms with van der Waals surface area (Å²) in [5.41, 5.74) is 0.745. The van der Waals surface area contributed by atoms with E-state index in [1.807, 2.05) is 12.1 Å². The summed E-state index contributed by atoms with van der Waals surface area (Å²) in [4.78, 5) is 16.1. The molecule has 0 bridgehead atoms. The molecule has 0 saturated carbocycles. The van der Waals surface area contributed by atoms with Gasteiger partial charge in [0.15, 0.2) is 5.96 Å². The van der Waals surface area contributed by atoms with E-state index in [1.54, 1.807) is 37.6 Å². The molecule has 2 aromatic rings. The van der Waals surface area contributed by atoms with E-state index >= 15 is 0 Å². The topological polar surface area (TPSA) is 87.9 Å². The molecule has 0 saturated heterocycles. The summed E-state index contributed by atoms with van der Waals surface area (Å²) in [6.45, 7) is 2.52. The summed E-state index contributed by atoms with van der Waals surface area (Å²) in [6, 6.07) is 10.8. The Morgan fingerprint density at radius 3 is 2.52 bits per heavy atom. The van der Waals surface area contributed by atoms with Crippen LogP contribution in [0.25, 0.3) is 0 Å². The van der Waals surface area contributed by atoms with Gasteiger partial charge in [0.2, 0.25) is 5.91 Å². The number of carbonyl (C=O) groups is 1. The molecule has 0 radical (unpaired) electrons. The normalized spacial score (nSPS) is 10.9. The van der Waals surface area contributed by atoms with Gasteiger partial charge in [0, 0.05) is 43.9 Å². The smallest absolute Gasteiger partial charge is 0.224 e. The number of amides is 1. The van der Waals surface area contributed by atoms with Crippen molar-refractivity contribution in [3.8, 4) is 0 Å². The average molecular weight is 535 g/mol. The summed E-state index contributed by atoms with van der Waals surface area (Å²) >= 11 is 5.83. The molecule has 1 heterocycles. The Morgan fingerprint density at radius 1 is 1.14 bits per heavy atom. The Morgan fingerprint density at radius 2 is 1.86 bits per heavy atom. The number of hydrogen-bond donors (Lipinski definition) is 3. The molecule has 0 spiro atoms. The van der Waals surface area contributed by atoms with E-state index in [1.165, 1.54) is 0 Å². The Bertz CT molecular complexity index is 724. The Hall–Kier alpha value is -1.78. The minimum Gasteiger partial charge on any atom is -0.467 e. The van der Waals surface area contributed by atoms with Crippen LogP contribution in [0.4, 0.5) is 5.69 Å². The highest BCUT2D eigenvalue weighted by Crippen LogP contribution is 2.13. The second kappa shape index (κ2) is 15.1. The standard InChI is InChI=1S/C20H27ClN4O3.HI/c1-22-20(24-12-4-13-27-15-18-5-3-14-28-18)23-11-2-6-19(26)25-17-9-7-16(21)8-10-17;/h3,5,7-10,14H,2,4,6,11-13,15H2,1H3,(H,25,26)(H2,22,23,24);1H. The number of nitrogens with zero attached hydrogens (tertiary/aromatic N) is 1. The lowest BCUT2D eigenvalue weighted by atomic mass is 10.2. The van der Waals surface area contributed by atoms with Gasteiger partial charge in [-0.2, -0.15) is 0 Å². The quantitative estimate of drug-likeness (QED) is 0.175. The number of rotatable bonds is 11. The molecule has 0 fully saturated rings. The fourth-order valence-corrected chi connectivity index (χ4v) is 2.51. The van der Waals surface area contributed by atoms with Gasteiger partial charge in [-0.1, -0.05) is 11.6 Å². The third-order valence-corrected chi connectivity index (χ3v) is 4.06. The molecule has 0 aliphatic carbocycles. The summed E-state index contributed by atoms with van der Waals surface area (Å²) in [6.07, 6.45) is 3.61. The van der Waals surface area contributed by atoms with Crippen molar-refractivity contribution >= 4 is 53.1 Å². The third kappa shape index (κ3) is 11.1. The van der Waals surface area contributed by atoms with Gasteiger partial charge in [-0.15, -0.1) is 24.0 Å². The molecule has 0 unspecified atom stereocenters. The molecule has 9 heteroatoms. The van der Waals surface area contributed by atoms with Crippen LogP contribution in [-0.4, -0.2) is 38.6 Å². The summed E-state index contributed by atoms with van der Waals surface area (Å²) in [5.74, 6) is 1.51. The maximum Gasteiger partial charge on any atom is 0.224 e. The maximum atomic E-state index is 11.9. The molecule has 1 aromatic heterocycles. The van der Waals surface area contributed by atoms with Gasteiger partial charge in [0.05, 0.1) is 6.26 Å². The number of nitrogens with one attached hydrogen (secondary N) is 3. The van der Waals surface area contributed by atoms with Crippen molar-refractivity contribution in [3.05, 3.63) is 53.4 Å². The van der Waals surface area contributed by atoms with Crippen LogP contribution in [0.3, 0.4) is 0 Å². The van der Waals surface area contributed by atoms with Crippen molar-refractivity contribution in [3.63, 3.8) is 0 Å². The first-order chi connectivity index (χ1) is 13.7. The molecule has 7 nitrogen and oxygen atoms in total. The lowest BCUT2D eigenvalue weighted by molar-refractivity contribution is -0.116. The molecule has 3 N–H and O–H groups in total. The van der Waals surface area contributed by atoms with Gasteiger partial charge >= 0.3 is 0 Å². The molecule has 1 aromatic carbocycles. The van der Waals surface area contributed by atoms with Gasteiger partial charge < -0.3 is 25.1 Å². The zero-order valence-corrected chi connectivity index (χ0v) is 19.5. The summed E-state index contributed by atoms with van der Waals surface area (Å²) in [7, 11) is 1.72. The Kier molecular flexibility index (Phi) is 13.2. The lowest BCUT2D eigenvalue weighted by Gasteiger charge is -2.12. The highest BCUT2D eigenvalue weighted by atomic mass is 127. The van der Waals surface area contributed by atoms with Crippen LogP contribution in [0.1, 0.15) is 25.0 Å². The molecular formula is C20H28ClIN4O3. The van der Waals surface area contributed by atoms with E-state index < -0.39 is 0 Å². The molecule has 2 rings (SSSR count). The monoisotopic (exact) mass is 534 g/mol. The zero-order valence-electron chi connectivity index (χ0n) is 16.4. The number of furan rings is 1. The predicted octanol–water partition coefficient (Wildman–Crippen LogP) is 4.04. The largest absolute Gasteiger partial charge is 0.467 e. The van der Waals surface area contributed by atoms with Crippen molar-refractivity contribution in [2.24, 2.45) is 4.99 Å². The molecule has 0 atom stereocenters. The number of aliphatic imine (C=N–C) groups is 1. The highest BCUT2D eigenvalue weighted by Gasteiger charge is 2.03. The minimum atomic E-state index is -0.0271. The van der Waals surface area contributed by atoms with Crippen molar-refractivity contribution in [1.82, 2.24) is 10.6 Å². The van der Waals surface area contributed by atoms with Crippen molar-refractivity contribution in [2.75, 3.05) is 32.1 Å². The number of anilines is 1. The average Bonchev–Trinajstić information content (AvgIpc) is 3.21.